The number of urea groups is 1. The summed E-state index contributed by atoms with van der Waals surface area (Å²) in [5.74, 6) is 0. The Hall–Kier alpha value is -0.250. The van der Waals surface area contributed by atoms with Crippen LogP contribution in [0.4, 0.5) is 4.79 Å². The third-order valence-electron chi connectivity index (χ3n) is 2.91. The highest BCUT2D eigenvalue weighted by Crippen LogP contribution is 2.17. The highest BCUT2D eigenvalue weighted by atomic mass is 79.9. The van der Waals surface area contributed by atoms with Crippen molar-refractivity contribution in [1.29, 1.82) is 0 Å². The Morgan fingerprint density at radius 3 is 2.67 bits per heavy atom. The van der Waals surface area contributed by atoms with Crippen molar-refractivity contribution in [3.05, 3.63) is 0 Å². The molecule has 0 atom stereocenters. The third kappa shape index (κ3) is 4.87. The molecule has 1 aliphatic rings. The summed E-state index contributed by atoms with van der Waals surface area (Å²) >= 11 is 3.37. The van der Waals surface area contributed by atoms with Gasteiger partial charge >= 0.3 is 6.03 Å². The van der Waals surface area contributed by atoms with Gasteiger partial charge in [0.25, 0.3) is 0 Å². The normalized spacial score (nSPS) is 17.5. The first-order valence-electron chi connectivity index (χ1n) is 5.81. The molecular formula is C11H21BrN2O. The molecule has 0 aliphatic heterocycles. The molecule has 4 heteroatoms. The molecule has 0 aromatic carbocycles. The van der Waals surface area contributed by atoms with Gasteiger partial charge in [-0.05, 0) is 19.3 Å². The lowest BCUT2D eigenvalue weighted by Gasteiger charge is -2.26. The van der Waals surface area contributed by atoms with Crippen molar-refractivity contribution in [3.63, 3.8) is 0 Å². The number of amides is 2. The summed E-state index contributed by atoms with van der Waals surface area (Å²) in [5.41, 5.74) is 0. The highest BCUT2D eigenvalue weighted by Gasteiger charge is 2.17. The molecule has 0 aromatic rings. The minimum Gasteiger partial charge on any atom is -0.335 e. The van der Waals surface area contributed by atoms with Gasteiger partial charge in [0.1, 0.15) is 0 Å². The molecular weight excluding hydrogens is 256 g/mol. The van der Waals surface area contributed by atoms with Gasteiger partial charge in [0, 0.05) is 25.0 Å². The van der Waals surface area contributed by atoms with Gasteiger partial charge in [0.2, 0.25) is 0 Å². The summed E-state index contributed by atoms with van der Waals surface area (Å²) in [5, 5.41) is 4.05. The largest absolute Gasteiger partial charge is 0.335 e. The Labute approximate surface area is 101 Å². The molecule has 1 fully saturated rings. The van der Waals surface area contributed by atoms with E-state index >= 15 is 0 Å². The summed E-state index contributed by atoms with van der Waals surface area (Å²) in [6, 6.07) is 0.500. The highest BCUT2D eigenvalue weighted by molar-refractivity contribution is 9.09. The van der Waals surface area contributed by atoms with Gasteiger partial charge in [-0.2, -0.15) is 0 Å². The van der Waals surface area contributed by atoms with E-state index in [0.29, 0.717) is 6.04 Å². The molecule has 0 aromatic heterocycles. The average Bonchev–Trinajstić information content (AvgIpc) is 2.27. The van der Waals surface area contributed by atoms with E-state index in [4.69, 9.17) is 0 Å². The van der Waals surface area contributed by atoms with Crippen molar-refractivity contribution >= 4 is 22.0 Å². The van der Waals surface area contributed by atoms with E-state index in [9.17, 15) is 4.79 Å². The van der Waals surface area contributed by atoms with Gasteiger partial charge in [-0.15, -0.1) is 0 Å². The zero-order chi connectivity index (χ0) is 11.1. The topological polar surface area (TPSA) is 32.3 Å². The standard InChI is InChI=1S/C11H21BrN2O/c1-14(9-5-8-12)11(15)13-10-6-3-2-4-7-10/h10H,2-9H2,1H3,(H,13,15). The van der Waals surface area contributed by atoms with Crippen molar-refractivity contribution in [2.75, 3.05) is 18.9 Å². The van der Waals surface area contributed by atoms with E-state index < -0.39 is 0 Å². The van der Waals surface area contributed by atoms with E-state index in [-0.39, 0.29) is 6.03 Å². The molecule has 0 bridgehead atoms. The Bertz CT molecular complexity index is 193. The molecule has 0 heterocycles. The Morgan fingerprint density at radius 2 is 2.07 bits per heavy atom. The van der Waals surface area contributed by atoms with Gasteiger partial charge in [0.05, 0.1) is 0 Å². The van der Waals surface area contributed by atoms with Gasteiger partial charge < -0.3 is 10.2 Å². The number of hydrogen-bond acceptors (Lipinski definition) is 1. The number of nitrogens with zero attached hydrogens (tertiary/aromatic N) is 1. The number of hydrogen-bond donors (Lipinski definition) is 1. The second kappa shape index (κ2) is 7.09. The molecule has 0 unspecified atom stereocenters. The average molecular weight is 277 g/mol. The van der Waals surface area contributed by atoms with E-state index in [1.54, 1.807) is 4.90 Å². The smallest absolute Gasteiger partial charge is 0.317 e. The summed E-state index contributed by atoms with van der Waals surface area (Å²) in [6.07, 6.45) is 7.16. The maximum Gasteiger partial charge on any atom is 0.317 e. The van der Waals surface area contributed by atoms with Crippen LogP contribution in [0.25, 0.3) is 0 Å². The number of rotatable bonds is 4. The van der Waals surface area contributed by atoms with Crippen LogP contribution in [-0.2, 0) is 0 Å². The fourth-order valence-corrected chi connectivity index (χ4v) is 2.18. The molecule has 15 heavy (non-hydrogen) atoms. The molecule has 1 saturated carbocycles. The van der Waals surface area contributed by atoms with Crippen LogP contribution in [0, 0.1) is 0 Å². The molecule has 0 saturated heterocycles. The second-order valence-electron chi connectivity index (χ2n) is 4.25. The van der Waals surface area contributed by atoms with Gasteiger partial charge in [0.15, 0.2) is 0 Å². The molecule has 0 spiro atoms. The number of halogens is 1. The summed E-state index contributed by atoms with van der Waals surface area (Å²) < 4.78 is 0. The summed E-state index contributed by atoms with van der Waals surface area (Å²) in [6.45, 7) is 0.823. The fraction of sp³-hybridized carbons (Fsp3) is 0.909. The SMILES string of the molecule is CN(CCCBr)C(=O)NC1CCCCC1. The van der Waals surface area contributed by atoms with Crippen LogP contribution in [0.2, 0.25) is 0 Å². The van der Waals surface area contributed by atoms with Gasteiger partial charge in [-0.1, -0.05) is 35.2 Å². The van der Waals surface area contributed by atoms with Crippen molar-refractivity contribution in [2.24, 2.45) is 0 Å². The Kier molecular flexibility index (Phi) is 6.06. The minimum absolute atomic E-state index is 0.0860. The summed E-state index contributed by atoms with van der Waals surface area (Å²) in [4.78, 5) is 13.5. The number of nitrogens with one attached hydrogen (secondary N) is 1. The molecule has 1 rings (SSSR count). The predicted molar refractivity (Wildman–Crippen MR) is 66.4 cm³/mol. The van der Waals surface area contributed by atoms with Crippen molar-refractivity contribution < 1.29 is 4.79 Å². The lowest BCUT2D eigenvalue weighted by Crippen LogP contribution is -2.44. The molecule has 0 radical (unpaired) electrons. The van der Waals surface area contributed by atoms with E-state index in [1.807, 2.05) is 7.05 Å². The first-order chi connectivity index (χ1) is 7.24. The summed E-state index contributed by atoms with van der Waals surface area (Å²) in [7, 11) is 1.86. The maximum absolute atomic E-state index is 11.7. The predicted octanol–water partition coefficient (Wildman–Crippen LogP) is 2.75. The fourth-order valence-electron chi connectivity index (χ4n) is 1.93. The maximum atomic E-state index is 11.7. The number of carbonyl (C=O) groups is 1. The van der Waals surface area contributed by atoms with Crippen LogP contribution in [0.1, 0.15) is 38.5 Å². The quantitative estimate of drug-likeness (QED) is 0.787. The second-order valence-corrected chi connectivity index (χ2v) is 5.04. The molecule has 88 valence electrons. The zero-order valence-corrected chi connectivity index (χ0v) is 11.1. The van der Waals surface area contributed by atoms with Crippen LogP contribution in [0.3, 0.4) is 0 Å². The zero-order valence-electron chi connectivity index (χ0n) is 9.47. The minimum atomic E-state index is 0.0860. The molecule has 1 N–H and O–H groups in total. The van der Waals surface area contributed by atoms with Crippen LogP contribution >= 0.6 is 15.9 Å². The Balaban J connectivity index is 2.20. The molecule has 2 amide bonds. The Morgan fingerprint density at radius 1 is 1.40 bits per heavy atom. The van der Waals surface area contributed by atoms with Gasteiger partial charge in [-0.3, -0.25) is 0 Å². The van der Waals surface area contributed by atoms with Crippen molar-refractivity contribution in [2.45, 2.75) is 44.6 Å². The van der Waals surface area contributed by atoms with Crippen LogP contribution in [0.5, 0.6) is 0 Å². The van der Waals surface area contributed by atoms with E-state index in [0.717, 1.165) is 31.1 Å². The molecule has 3 nitrogen and oxygen atoms in total. The van der Waals surface area contributed by atoms with E-state index in [1.165, 1.54) is 19.3 Å². The van der Waals surface area contributed by atoms with Crippen LogP contribution < -0.4 is 5.32 Å². The number of alkyl halides is 1. The first kappa shape index (κ1) is 12.8. The lowest BCUT2D eigenvalue weighted by molar-refractivity contribution is 0.201. The van der Waals surface area contributed by atoms with Crippen molar-refractivity contribution in [1.82, 2.24) is 10.2 Å². The van der Waals surface area contributed by atoms with Crippen LogP contribution in [0.15, 0.2) is 0 Å². The third-order valence-corrected chi connectivity index (χ3v) is 3.47. The molecule has 1 aliphatic carbocycles. The van der Waals surface area contributed by atoms with E-state index in [2.05, 4.69) is 21.2 Å². The number of carbonyl (C=O) groups excluding carboxylic acids is 1. The van der Waals surface area contributed by atoms with Gasteiger partial charge in [-0.25, -0.2) is 4.79 Å². The monoisotopic (exact) mass is 276 g/mol. The van der Waals surface area contributed by atoms with Crippen LogP contribution in [-0.4, -0.2) is 35.9 Å². The van der Waals surface area contributed by atoms with Crippen molar-refractivity contribution in [3.8, 4) is 0 Å². The first-order valence-corrected chi connectivity index (χ1v) is 6.94. The lowest BCUT2D eigenvalue weighted by atomic mass is 9.96.